The van der Waals surface area contributed by atoms with E-state index in [4.69, 9.17) is 15.4 Å². The molecule has 0 aliphatic carbocycles. The number of thiophene rings is 1. The van der Waals surface area contributed by atoms with E-state index in [1.54, 1.807) is 30.3 Å². The van der Waals surface area contributed by atoms with Gasteiger partial charge in [-0.05, 0) is 18.2 Å². The van der Waals surface area contributed by atoms with Crippen LogP contribution >= 0.6 is 11.3 Å². The van der Waals surface area contributed by atoms with Gasteiger partial charge in [0, 0.05) is 58.8 Å². The molecule has 0 bridgehead atoms. The molecule has 9 aromatic rings. The molecule has 5 heteroatoms. The zero-order valence-corrected chi connectivity index (χ0v) is 23.4. The first-order chi connectivity index (χ1) is 26.4. The molecule has 0 spiro atoms. The van der Waals surface area contributed by atoms with Crippen molar-refractivity contribution in [2.75, 3.05) is 0 Å². The third-order valence-corrected chi connectivity index (χ3v) is 8.57. The van der Waals surface area contributed by atoms with Crippen LogP contribution in [-0.2, 0) is 0 Å². The Balaban J connectivity index is 1.36. The number of hydrogen-bond donors (Lipinski definition) is 0. The quantitative estimate of drug-likeness (QED) is 0.204. The molecule has 0 atom stereocenters. The summed E-state index contributed by atoms with van der Waals surface area (Å²) in [5.41, 5.74) is 0.515. The Hall–Kier alpha value is -5.65. The number of benzene rings is 6. The van der Waals surface area contributed by atoms with Crippen molar-refractivity contribution < 1.29 is 19.5 Å². The Morgan fingerprint density at radius 2 is 1.27 bits per heavy atom. The predicted octanol–water partition coefficient (Wildman–Crippen LogP) is 10.8. The Kier molecular flexibility index (Phi) is 3.69. The number of fused-ring (bicyclic) bond motifs is 6. The first kappa shape index (κ1) is 16.3. The number of rotatable bonds is 4. The predicted molar refractivity (Wildman–Crippen MR) is 182 cm³/mol. The Morgan fingerprint density at radius 1 is 0.523 bits per heavy atom. The van der Waals surface area contributed by atoms with Crippen LogP contribution < -0.4 is 0 Å². The van der Waals surface area contributed by atoms with Crippen molar-refractivity contribution in [1.82, 2.24) is 15.0 Å². The lowest BCUT2D eigenvalue weighted by molar-refractivity contribution is 0.670. The second kappa shape index (κ2) is 9.97. The normalized spacial score (nSPS) is 15.1. The molecule has 4 nitrogen and oxygen atoms in total. The first-order valence-corrected chi connectivity index (χ1v) is 14.5. The van der Waals surface area contributed by atoms with Crippen LogP contribution in [0.15, 0.2) is 144 Å². The minimum atomic E-state index is -0.602. The van der Waals surface area contributed by atoms with E-state index < -0.39 is 54.4 Å². The fraction of sp³-hybridized carbons (Fsp3) is 0. The molecule has 9 rings (SSSR count). The molecule has 3 aromatic heterocycles. The standard InChI is InChI=1S/C39H23N3OS/c1-3-11-24(12-4-1)37-40-38(25-13-5-2-6-14-25)42-39(41-37)26-21-22-27-29-16-9-17-30(35(29)43-33(27)23-26)32-19-10-18-31-28-15-7-8-20-34(28)44-36(31)32/h1-23H/i1D,3D,4D,9D,11D,12D,16D,17D,21D,22D,23D. The summed E-state index contributed by atoms with van der Waals surface area (Å²) < 4.78 is 105. The molecule has 206 valence electrons. The maximum absolute atomic E-state index is 9.43. The number of nitrogens with zero attached hydrogens (tertiary/aromatic N) is 3. The van der Waals surface area contributed by atoms with Crippen molar-refractivity contribution in [3.05, 3.63) is 139 Å². The molecule has 0 radical (unpaired) electrons. The molecule has 0 fully saturated rings. The fourth-order valence-corrected chi connectivity index (χ4v) is 6.56. The van der Waals surface area contributed by atoms with E-state index >= 15 is 0 Å². The molecular weight excluding hydrogens is 559 g/mol. The molecule has 0 saturated heterocycles. The summed E-state index contributed by atoms with van der Waals surface area (Å²) in [6.45, 7) is 0. The van der Waals surface area contributed by atoms with Crippen molar-refractivity contribution in [3.63, 3.8) is 0 Å². The molecule has 6 aromatic carbocycles. The van der Waals surface area contributed by atoms with Crippen LogP contribution in [0.3, 0.4) is 0 Å². The van der Waals surface area contributed by atoms with Crippen LogP contribution in [0, 0.1) is 0 Å². The summed E-state index contributed by atoms with van der Waals surface area (Å²) in [6.07, 6.45) is 0. The number of aromatic nitrogens is 3. The van der Waals surface area contributed by atoms with E-state index in [0.717, 1.165) is 20.2 Å². The van der Waals surface area contributed by atoms with Gasteiger partial charge in [0.25, 0.3) is 0 Å². The van der Waals surface area contributed by atoms with Crippen molar-refractivity contribution in [3.8, 4) is 45.3 Å². The van der Waals surface area contributed by atoms with Gasteiger partial charge in [0.2, 0.25) is 0 Å². The summed E-state index contributed by atoms with van der Waals surface area (Å²) in [7, 11) is 0. The van der Waals surface area contributed by atoms with Crippen LogP contribution in [0.4, 0.5) is 0 Å². The number of para-hydroxylation sites is 1. The van der Waals surface area contributed by atoms with E-state index in [-0.39, 0.29) is 68.2 Å². The van der Waals surface area contributed by atoms with Gasteiger partial charge in [0.15, 0.2) is 17.5 Å². The van der Waals surface area contributed by atoms with Gasteiger partial charge in [0.05, 0.1) is 15.1 Å². The molecule has 0 saturated carbocycles. The van der Waals surface area contributed by atoms with Crippen LogP contribution in [0.2, 0.25) is 0 Å². The highest BCUT2D eigenvalue weighted by molar-refractivity contribution is 7.26. The fourth-order valence-electron chi connectivity index (χ4n) is 5.34. The summed E-state index contributed by atoms with van der Waals surface area (Å²) in [6, 6.07) is 16.7. The Morgan fingerprint density at radius 3 is 2.14 bits per heavy atom. The maximum atomic E-state index is 9.43. The van der Waals surface area contributed by atoms with E-state index in [0.29, 0.717) is 11.1 Å². The van der Waals surface area contributed by atoms with Gasteiger partial charge < -0.3 is 4.42 Å². The van der Waals surface area contributed by atoms with Gasteiger partial charge in [-0.3, -0.25) is 0 Å². The Bertz CT molecular complexity index is 3100. The molecule has 44 heavy (non-hydrogen) atoms. The molecule has 0 amide bonds. The van der Waals surface area contributed by atoms with Gasteiger partial charge in [-0.1, -0.05) is 121 Å². The lowest BCUT2D eigenvalue weighted by atomic mass is 10.00. The van der Waals surface area contributed by atoms with Crippen molar-refractivity contribution in [2.24, 2.45) is 0 Å². The molecule has 3 heterocycles. The minimum Gasteiger partial charge on any atom is -0.455 e. The van der Waals surface area contributed by atoms with E-state index in [1.165, 1.54) is 11.3 Å². The third kappa shape index (κ3) is 4.02. The first-order valence-electron chi connectivity index (χ1n) is 19.1. The van der Waals surface area contributed by atoms with Crippen LogP contribution in [0.5, 0.6) is 0 Å². The van der Waals surface area contributed by atoms with Gasteiger partial charge >= 0.3 is 0 Å². The summed E-state index contributed by atoms with van der Waals surface area (Å²) in [5.74, 6) is -0.571. The average molecular weight is 593 g/mol. The molecule has 0 aliphatic heterocycles. The van der Waals surface area contributed by atoms with Gasteiger partial charge in [-0.2, -0.15) is 0 Å². The second-order valence-electron chi connectivity index (χ2n) is 9.96. The van der Waals surface area contributed by atoms with Crippen molar-refractivity contribution >= 4 is 53.4 Å². The zero-order chi connectivity index (χ0) is 38.6. The number of hydrogen-bond acceptors (Lipinski definition) is 5. The third-order valence-electron chi connectivity index (χ3n) is 7.35. The van der Waals surface area contributed by atoms with Crippen molar-refractivity contribution in [1.29, 1.82) is 0 Å². The van der Waals surface area contributed by atoms with Gasteiger partial charge in [-0.15, -0.1) is 11.3 Å². The van der Waals surface area contributed by atoms with E-state index in [2.05, 4.69) is 15.0 Å². The van der Waals surface area contributed by atoms with Crippen LogP contribution in [0.1, 0.15) is 15.1 Å². The number of furan rings is 1. The van der Waals surface area contributed by atoms with Gasteiger partial charge in [-0.25, -0.2) is 15.0 Å². The maximum Gasteiger partial charge on any atom is 0.164 e. The minimum absolute atomic E-state index is 0.0168. The van der Waals surface area contributed by atoms with E-state index in [1.807, 2.05) is 42.5 Å². The topological polar surface area (TPSA) is 51.8 Å². The monoisotopic (exact) mass is 592 g/mol. The molecule has 0 aliphatic rings. The SMILES string of the molecule is [2H]c1c([2H])c([2H])c(-c2nc(-c3ccccc3)nc(-c3c([2H])c([2H])c4c(oc5c(-c6cccc7c6sc6ccccc67)c([2H])c([2H])c([2H])c54)c3[2H])n2)c([2H])c1[2H]. The molecule has 0 unspecified atom stereocenters. The van der Waals surface area contributed by atoms with Gasteiger partial charge in [0.1, 0.15) is 11.2 Å². The Labute approximate surface area is 272 Å². The highest BCUT2D eigenvalue weighted by Gasteiger charge is 2.18. The molecule has 0 N–H and O–H groups in total. The largest absolute Gasteiger partial charge is 0.455 e. The smallest absolute Gasteiger partial charge is 0.164 e. The zero-order valence-electron chi connectivity index (χ0n) is 33.6. The summed E-state index contributed by atoms with van der Waals surface area (Å²) in [4.78, 5) is 13.5. The molecular formula is C39H23N3OS. The summed E-state index contributed by atoms with van der Waals surface area (Å²) >= 11 is 1.51. The lowest BCUT2D eigenvalue weighted by Crippen LogP contribution is -2.00. The van der Waals surface area contributed by atoms with Crippen LogP contribution in [-0.4, -0.2) is 15.0 Å². The second-order valence-corrected chi connectivity index (χ2v) is 11.0. The highest BCUT2D eigenvalue weighted by atomic mass is 32.1. The lowest BCUT2D eigenvalue weighted by Gasteiger charge is -2.08. The highest BCUT2D eigenvalue weighted by Crippen LogP contribution is 2.43. The average Bonchev–Trinajstić information content (AvgIpc) is 3.78. The van der Waals surface area contributed by atoms with Crippen molar-refractivity contribution in [2.45, 2.75) is 0 Å². The van der Waals surface area contributed by atoms with E-state index in [9.17, 15) is 4.11 Å². The summed E-state index contributed by atoms with van der Waals surface area (Å²) in [5, 5.41) is 1.91. The van der Waals surface area contributed by atoms with Crippen LogP contribution in [0.25, 0.3) is 87.4 Å².